The molecule has 34 valence electrons. The summed E-state index contributed by atoms with van der Waals surface area (Å²) in [5, 5.41) is 0. The van der Waals surface area contributed by atoms with Crippen LogP contribution in [0.2, 0.25) is 0 Å². The normalized spacial score (nSPS) is 9.43. The standard InChI is InChI=1S/2Li.H2O4S/c;;1-5(2,3)4/h;;(H2,1,2,3,4). The zero-order chi connectivity index (χ0) is 6.50. The van der Waals surface area contributed by atoms with Gasteiger partial charge in [0.05, 0.1) is 0 Å². The van der Waals surface area contributed by atoms with Gasteiger partial charge in [-0.15, -0.1) is 0 Å². The van der Waals surface area contributed by atoms with Crippen molar-refractivity contribution < 1.29 is 17.5 Å². The van der Waals surface area contributed by atoms with Crippen molar-refractivity contribution in [2.75, 3.05) is 0 Å². The predicted molar refractivity (Wildman–Crippen MR) is 25.7 cm³/mol. The van der Waals surface area contributed by atoms with Crippen molar-refractivity contribution in [2.45, 2.75) is 0 Å². The Kier molecular flexibility index (Phi) is 8.14. The van der Waals surface area contributed by atoms with Crippen molar-refractivity contribution >= 4 is 41.2 Å². The van der Waals surface area contributed by atoms with Crippen molar-refractivity contribution in [1.82, 2.24) is 0 Å². The van der Waals surface area contributed by atoms with E-state index in [1.165, 1.54) is 0 Å². The fourth-order valence-electron chi connectivity index (χ4n) is 0. The molecule has 0 saturated heterocycles. The van der Waals surface area contributed by atoms with E-state index < -0.39 is 10.4 Å². The molecule has 0 spiro atoms. The second kappa shape index (κ2) is 5.21. The van der Waals surface area contributed by atoms with E-state index in [-0.39, 0.29) is 0 Å². The van der Waals surface area contributed by atoms with Crippen LogP contribution in [0.25, 0.3) is 0 Å². The molecule has 0 aliphatic rings. The zero-order valence-corrected chi connectivity index (χ0v) is 4.94. The Morgan fingerprint density at radius 1 is 1.14 bits per heavy atom. The van der Waals surface area contributed by atoms with Gasteiger partial charge in [0.15, 0.2) is 0 Å². The summed E-state index contributed by atoms with van der Waals surface area (Å²) in [5.41, 5.74) is 0. The Balaban J connectivity index is 0. The SMILES string of the molecule is O=S(=O)(O)O.[Li][Li]. The summed E-state index contributed by atoms with van der Waals surface area (Å²) >= 11 is 4.00. The molecule has 0 saturated carbocycles. The van der Waals surface area contributed by atoms with Crippen LogP contribution >= 0.6 is 0 Å². The second-order valence-corrected chi connectivity index (χ2v) is 1.34. The molecule has 0 fully saturated rings. The Hall–Kier alpha value is 1.06. The molecule has 0 aliphatic carbocycles. The summed E-state index contributed by atoms with van der Waals surface area (Å²) < 4.78 is 31.6. The fourth-order valence-corrected chi connectivity index (χ4v) is 0. The van der Waals surface area contributed by atoms with Gasteiger partial charge in [-0.05, 0) is 0 Å². The molecule has 7 heteroatoms. The molecule has 0 atom stereocenters. The molecule has 0 radical (unpaired) electrons. The van der Waals surface area contributed by atoms with Gasteiger partial charge in [0.1, 0.15) is 0 Å². The first-order chi connectivity index (χ1) is 3.00. The molecule has 7 heavy (non-hydrogen) atoms. The first-order valence-electron chi connectivity index (χ1n) is 1.70. The van der Waals surface area contributed by atoms with E-state index in [9.17, 15) is 0 Å². The Bertz CT molecular complexity index is 92.9. The average molecular weight is 112 g/mol. The maximum atomic E-state index is 8.74. The predicted octanol–water partition coefficient (Wildman–Crippen LogP) is -1.41. The van der Waals surface area contributed by atoms with Crippen LogP contribution in [-0.2, 0) is 10.4 Å². The molecular weight excluding hydrogens is 110 g/mol. The Morgan fingerprint density at radius 3 is 1.14 bits per heavy atom. The van der Waals surface area contributed by atoms with Crippen molar-refractivity contribution in [3.05, 3.63) is 0 Å². The van der Waals surface area contributed by atoms with Gasteiger partial charge in [-0.25, -0.2) is 0 Å². The number of hydrogen-bond donors (Lipinski definition) is 2. The van der Waals surface area contributed by atoms with Crippen LogP contribution in [0.1, 0.15) is 0 Å². The molecule has 0 heterocycles. The Labute approximate surface area is 58.7 Å². The summed E-state index contributed by atoms with van der Waals surface area (Å²) in [6.45, 7) is 0. The van der Waals surface area contributed by atoms with E-state index in [4.69, 9.17) is 17.5 Å². The van der Waals surface area contributed by atoms with E-state index in [1.807, 2.05) is 30.8 Å². The third kappa shape index (κ3) is 160. The number of hydrogen-bond acceptors (Lipinski definition) is 2. The zero-order valence-electron chi connectivity index (χ0n) is 4.12. The van der Waals surface area contributed by atoms with Gasteiger partial charge >= 0.3 is 41.2 Å². The van der Waals surface area contributed by atoms with Crippen LogP contribution in [0, 0.1) is 0 Å². The van der Waals surface area contributed by atoms with E-state index in [0.717, 1.165) is 0 Å². The van der Waals surface area contributed by atoms with Crippen molar-refractivity contribution in [1.29, 1.82) is 0 Å². The van der Waals surface area contributed by atoms with Crippen molar-refractivity contribution in [3.63, 3.8) is 0 Å². The third-order valence-corrected chi connectivity index (χ3v) is 0. The molecule has 0 aromatic carbocycles. The molecule has 0 amide bonds. The van der Waals surface area contributed by atoms with E-state index in [1.54, 1.807) is 0 Å². The quantitative estimate of drug-likeness (QED) is 0.298. The van der Waals surface area contributed by atoms with E-state index >= 15 is 0 Å². The maximum absolute atomic E-state index is 8.74. The minimum atomic E-state index is -4.67. The molecule has 0 bridgehead atoms. The molecule has 0 aromatic heterocycles. The van der Waals surface area contributed by atoms with Crippen LogP contribution in [0.4, 0.5) is 0 Å². The summed E-state index contributed by atoms with van der Waals surface area (Å²) in [4.78, 5) is 0. The Morgan fingerprint density at radius 2 is 1.14 bits per heavy atom. The van der Waals surface area contributed by atoms with E-state index in [0.29, 0.717) is 0 Å². The minimum absolute atomic E-state index is 2.00. The average Bonchev–Trinajstić information content (AvgIpc) is 1.36. The van der Waals surface area contributed by atoms with Crippen LogP contribution in [0.3, 0.4) is 0 Å². The monoisotopic (exact) mass is 112 g/mol. The van der Waals surface area contributed by atoms with Gasteiger partial charge in [0, 0.05) is 0 Å². The molecule has 0 aromatic rings. The second-order valence-electron chi connectivity index (χ2n) is 0.448. The first-order valence-corrected chi connectivity index (χ1v) is 3.10. The molecule has 0 rings (SSSR count). The summed E-state index contributed by atoms with van der Waals surface area (Å²) in [6.07, 6.45) is 0. The summed E-state index contributed by atoms with van der Waals surface area (Å²) in [5.74, 6) is 0. The van der Waals surface area contributed by atoms with Gasteiger partial charge in [-0.3, -0.25) is 9.11 Å². The van der Waals surface area contributed by atoms with Gasteiger partial charge in [-0.2, -0.15) is 8.42 Å². The van der Waals surface area contributed by atoms with E-state index in [2.05, 4.69) is 0 Å². The van der Waals surface area contributed by atoms with Gasteiger partial charge in [0.25, 0.3) is 0 Å². The third-order valence-electron chi connectivity index (χ3n) is 0. The topological polar surface area (TPSA) is 74.6 Å². The molecular formula is H2Li2O4S. The summed E-state index contributed by atoms with van der Waals surface area (Å²) in [6, 6.07) is 0. The van der Waals surface area contributed by atoms with Gasteiger partial charge in [0.2, 0.25) is 0 Å². The molecule has 2 N–H and O–H groups in total. The van der Waals surface area contributed by atoms with Crippen LogP contribution in [0.15, 0.2) is 0 Å². The molecule has 4 nitrogen and oxygen atoms in total. The number of rotatable bonds is 0. The fraction of sp³-hybridized carbons (Fsp3) is 0. The summed E-state index contributed by atoms with van der Waals surface area (Å²) in [7, 11) is -4.67. The van der Waals surface area contributed by atoms with Crippen LogP contribution in [0.5, 0.6) is 0 Å². The molecule has 0 aliphatic heterocycles. The van der Waals surface area contributed by atoms with Crippen LogP contribution in [-0.4, -0.2) is 48.3 Å². The van der Waals surface area contributed by atoms with Crippen LogP contribution < -0.4 is 0 Å². The molecule has 0 unspecified atom stereocenters. The van der Waals surface area contributed by atoms with Crippen molar-refractivity contribution in [3.8, 4) is 0 Å². The van der Waals surface area contributed by atoms with Gasteiger partial charge in [-0.1, -0.05) is 0 Å². The van der Waals surface area contributed by atoms with Crippen molar-refractivity contribution in [2.24, 2.45) is 0 Å². The van der Waals surface area contributed by atoms with Gasteiger partial charge < -0.3 is 0 Å². The first kappa shape index (κ1) is 10.9.